The number of thiazole rings is 1. The average Bonchev–Trinajstić information content (AvgIpc) is 3.17. The van der Waals surface area contributed by atoms with Gasteiger partial charge in [0, 0.05) is 6.07 Å². The highest BCUT2D eigenvalue weighted by molar-refractivity contribution is 7.22. The fourth-order valence-corrected chi connectivity index (χ4v) is 4.01. The zero-order chi connectivity index (χ0) is 20.0. The highest BCUT2D eigenvalue weighted by Gasteiger charge is 2.41. The number of para-hydroxylation sites is 1. The average molecular weight is 396 g/mol. The second kappa shape index (κ2) is 6.50. The first-order valence-electron chi connectivity index (χ1n) is 8.16. The summed E-state index contributed by atoms with van der Waals surface area (Å²) in [7, 11) is 0. The van der Waals surface area contributed by atoms with Gasteiger partial charge in [0.1, 0.15) is 12.1 Å². The van der Waals surface area contributed by atoms with Crippen molar-refractivity contribution in [1.29, 1.82) is 0 Å². The van der Waals surface area contributed by atoms with E-state index >= 15 is 0 Å². The molecule has 1 aromatic heterocycles. The first-order valence-corrected chi connectivity index (χ1v) is 8.98. The Labute approximate surface area is 161 Å². The molecule has 28 heavy (non-hydrogen) atoms. The van der Waals surface area contributed by atoms with Gasteiger partial charge >= 0.3 is 0 Å². The predicted octanol–water partition coefficient (Wildman–Crippen LogP) is 2.75. The molecule has 2 heterocycles. The van der Waals surface area contributed by atoms with Gasteiger partial charge in [0.05, 0.1) is 20.7 Å². The summed E-state index contributed by atoms with van der Waals surface area (Å²) in [6.45, 7) is 1.34. The number of carbonyl (C=O) groups is 3. The monoisotopic (exact) mass is 396 g/mol. The molecule has 4 rings (SSSR count). The fraction of sp³-hybridized carbons (Fsp3) is 0.111. The maximum absolute atomic E-state index is 12.5. The number of anilines is 1. The Balaban J connectivity index is 1.55. The van der Waals surface area contributed by atoms with Gasteiger partial charge in [-0.3, -0.25) is 29.4 Å². The Kier molecular flexibility index (Phi) is 4.12. The highest BCUT2D eigenvalue weighted by Crippen LogP contribution is 2.31. The number of nitrogens with one attached hydrogen (secondary N) is 1. The van der Waals surface area contributed by atoms with Crippen LogP contribution in [0.4, 0.5) is 10.8 Å². The van der Waals surface area contributed by atoms with E-state index in [4.69, 9.17) is 0 Å². The number of rotatable bonds is 4. The molecule has 9 nitrogen and oxygen atoms in total. The second-order valence-corrected chi connectivity index (χ2v) is 7.17. The van der Waals surface area contributed by atoms with Gasteiger partial charge in [-0.15, -0.1) is 0 Å². The van der Waals surface area contributed by atoms with Crippen molar-refractivity contribution in [3.63, 3.8) is 0 Å². The predicted molar refractivity (Wildman–Crippen MR) is 101 cm³/mol. The number of nitro groups is 1. The summed E-state index contributed by atoms with van der Waals surface area (Å²) in [6, 6.07) is 9.47. The van der Waals surface area contributed by atoms with Crippen LogP contribution < -0.4 is 5.32 Å². The minimum Gasteiger partial charge on any atom is -0.300 e. The van der Waals surface area contributed by atoms with E-state index < -0.39 is 34.9 Å². The van der Waals surface area contributed by atoms with E-state index in [1.165, 1.54) is 23.5 Å². The molecule has 3 amide bonds. The van der Waals surface area contributed by atoms with Crippen molar-refractivity contribution < 1.29 is 19.3 Å². The molecule has 0 radical (unpaired) electrons. The Morgan fingerprint density at radius 3 is 2.68 bits per heavy atom. The van der Waals surface area contributed by atoms with E-state index in [2.05, 4.69) is 10.3 Å². The van der Waals surface area contributed by atoms with Crippen LogP contribution in [0.1, 0.15) is 26.3 Å². The van der Waals surface area contributed by atoms with E-state index in [9.17, 15) is 24.5 Å². The molecule has 0 unspecified atom stereocenters. The standard InChI is InChI=1S/C18H12N4O5S/c1-9-4-2-7-12-15(9)20-18(28-12)19-13(23)8-21-16(24)10-5-3-6-11(22(26)27)14(10)17(21)25/h2-7H,8H2,1H3,(H,19,20,23). The summed E-state index contributed by atoms with van der Waals surface area (Å²) in [6.07, 6.45) is 0. The van der Waals surface area contributed by atoms with Crippen LogP contribution in [0.5, 0.6) is 0 Å². The Morgan fingerprint density at radius 2 is 1.96 bits per heavy atom. The lowest BCUT2D eigenvalue weighted by molar-refractivity contribution is -0.385. The quantitative estimate of drug-likeness (QED) is 0.411. The first-order chi connectivity index (χ1) is 13.4. The molecule has 3 aromatic rings. The van der Waals surface area contributed by atoms with Gasteiger partial charge in [-0.25, -0.2) is 4.98 Å². The molecular formula is C18H12N4O5S. The number of benzene rings is 2. The number of imide groups is 1. The molecule has 0 aliphatic carbocycles. The van der Waals surface area contributed by atoms with E-state index in [1.54, 1.807) is 0 Å². The fourth-order valence-electron chi connectivity index (χ4n) is 3.05. The number of fused-ring (bicyclic) bond motifs is 2. The van der Waals surface area contributed by atoms with E-state index in [1.807, 2.05) is 25.1 Å². The van der Waals surface area contributed by atoms with Crippen molar-refractivity contribution in [3.8, 4) is 0 Å². The molecule has 2 aromatic carbocycles. The van der Waals surface area contributed by atoms with Crippen molar-refractivity contribution in [1.82, 2.24) is 9.88 Å². The molecular weight excluding hydrogens is 384 g/mol. The van der Waals surface area contributed by atoms with Gasteiger partial charge < -0.3 is 5.32 Å². The van der Waals surface area contributed by atoms with Crippen molar-refractivity contribution in [2.75, 3.05) is 11.9 Å². The molecule has 0 spiro atoms. The number of nitro benzene ring substituents is 1. The van der Waals surface area contributed by atoms with Crippen molar-refractivity contribution in [2.45, 2.75) is 6.92 Å². The topological polar surface area (TPSA) is 123 Å². The lowest BCUT2D eigenvalue weighted by Gasteiger charge is -2.12. The van der Waals surface area contributed by atoms with Gasteiger partial charge in [-0.1, -0.05) is 29.5 Å². The maximum Gasteiger partial charge on any atom is 0.282 e. The van der Waals surface area contributed by atoms with Crippen LogP contribution in [0, 0.1) is 17.0 Å². The number of amides is 3. The van der Waals surface area contributed by atoms with Crippen LogP contribution in [0.3, 0.4) is 0 Å². The molecule has 0 fully saturated rings. The third-order valence-electron chi connectivity index (χ3n) is 4.34. The summed E-state index contributed by atoms with van der Waals surface area (Å²) in [5, 5.41) is 14.1. The van der Waals surface area contributed by atoms with Gasteiger partial charge in [-0.2, -0.15) is 0 Å². The number of carbonyl (C=O) groups excluding carboxylic acids is 3. The lowest BCUT2D eigenvalue weighted by Crippen LogP contribution is -2.37. The Morgan fingerprint density at radius 1 is 1.21 bits per heavy atom. The van der Waals surface area contributed by atoms with Crippen LogP contribution in [0.2, 0.25) is 0 Å². The van der Waals surface area contributed by atoms with Crippen LogP contribution in [-0.4, -0.2) is 39.1 Å². The minimum absolute atomic E-state index is 0.0809. The van der Waals surface area contributed by atoms with E-state index in [0.29, 0.717) is 10.0 Å². The van der Waals surface area contributed by atoms with Crippen LogP contribution in [0.15, 0.2) is 36.4 Å². The molecule has 1 N–H and O–H groups in total. The smallest absolute Gasteiger partial charge is 0.282 e. The summed E-state index contributed by atoms with van der Waals surface area (Å²) in [4.78, 5) is 52.8. The van der Waals surface area contributed by atoms with Gasteiger partial charge in [0.2, 0.25) is 5.91 Å². The highest BCUT2D eigenvalue weighted by atomic mass is 32.1. The molecule has 10 heteroatoms. The van der Waals surface area contributed by atoms with Crippen molar-refractivity contribution >= 4 is 50.1 Å². The lowest BCUT2D eigenvalue weighted by atomic mass is 10.1. The molecule has 1 aliphatic heterocycles. The van der Waals surface area contributed by atoms with Gasteiger partial charge in [-0.05, 0) is 24.6 Å². The number of hydrogen-bond donors (Lipinski definition) is 1. The van der Waals surface area contributed by atoms with Crippen LogP contribution >= 0.6 is 11.3 Å². The van der Waals surface area contributed by atoms with Crippen molar-refractivity contribution in [2.24, 2.45) is 0 Å². The minimum atomic E-state index is -0.859. The summed E-state index contributed by atoms with van der Waals surface area (Å²) < 4.78 is 0.895. The maximum atomic E-state index is 12.5. The van der Waals surface area contributed by atoms with E-state index in [-0.39, 0.29) is 11.1 Å². The normalized spacial score (nSPS) is 13.1. The number of aryl methyl sites for hydroxylation is 1. The number of aromatic nitrogens is 1. The third kappa shape index (κ3) is 2.79. The first kappa shape index (κ1) is 17.7. The second-order valence-electron chi connectivity index (χ2n) is 6.14. The summed E-state index contributed by atoms with van der Waals surface area (Å²) >= 11 is 1.27. The molecule has 0 bridgehead atoms. The van der Waals surface area contributed by atoms with Gasteiger partial charge in [0.15, 0.2) is 5.13 Å². The zero-order valence-corrected chi connectivity index (χ0v) is 15.3. The Bertz CT molecular complexity index is 1190. The van der Waals surface area contributed by atoms with Crippen molar-refractivity contribution in [3.05, 3.63) is 63.2 Å². The molecule has 0 saturated heterocycles. The zero-order valence-electron chi connectivity index (χ0n) is 14.5. The number of nitrogens with zero attached hydrogens (tertiary/aromatic N) is 3. The van der Waals surface area contributed by atoms with E-state index in [0.717, 1.165) is 21.8 Å². The van der Waals surface area contributed by atoms with Gasteiger partial charge in [0.25, 0.3) is 17.5 Å². The molecule has 1 aliphatic rings. The molecule has 140 valence electrons. The third-order valence-corrected chi connectivity index (χ3v) is 5.28. The Hall–Kier alpha value is -3.66. The molecule has 0 saturated carbocycles. The van der Waals surface area contributed by atoms with Crippen LogP contribution in [-0.2, 0) is 4.79 Å². The van der Waals surface area contributed by atoms with Crippen LogP contribution in [0.25, 0.3) is 10.2 Å². The molecule has 0 atom stereocenters. The SMILES string of the molecule is Cc1cccc2sc(NC(=O)CN3C(=O)c4cccc([N+](=O)[O-])c4C3=O)nc12. The summed E-state index contributed by atoms with van der Waals surface area (Å²) in [5.74, 6) is -2.21. The number of hydrogen-bond acceptors (Lipinski definition) is 7. The summed E-state index contributed by atoms with van der Waals surface area (Å²) in [5.41, 5.74) is 0.894. The largest absolute Gasteiger partial charge is 0.300 e.